The first-order valence-corrected chi connectivity index (χ1v) is 10.9. The SMILES string of the molecule is COc1ccc([N+](=O)[O-])cc1C(=O)NCC1CCN(S(=O)(=O)c2ccccc2)CC1. The van der Waals surface area contributed by atoms with Crippen molar-refractivity contribution in [2.24, 2.45) is 5.92 Å². The lowest BCUT2D eigenvalue weighted by molar-refractivity contribution is -0.384. The van der Waals surface area contributed by atoms with Gasteiger partial charge < -0.3 is 10.1 Å². The molecule has 1 heterocycles. The molecule has 0 spiro atoms. The van der Waals surface area contributed by atoms with E-state index in [1.54, 1.807) is 30.3 Å². The van der Waals surface area contributed by atoms with Crippen molar-refractivity contribution in [1.82, 2.24) is 9.62 Å². The third-order valence-corrected chi connectivity index (χ3v) is 7.06. The number of hydrogen-bond donors (Lipinski definition) is 1. The Labute approximate surface area is 174 Å². The van der Waals surface area contributed by atoms with Gasteiger partial charge >= 0.3 is 0 Å². The largest absolute Gasteiger partial charge is 0.496 e. The molecule has 160 valence electrons. The lowest BCUT2D eigenvalue weighted by Crippen LogP contribution is -2.41. The van der Waals surface area contributed by atoms with Crippen LogP contribution in [0.5, 0.6) is 5.75 Å². The van der Waals surface area contributed by atoms with Crippen LogP contribution in [0.1, 0.15) is 23.2 Å². The van der Waals surface area contributed by atoms with E-state index in [9.17, 15) is 23.3 Å². The van der Waals surface area contributed by atoms with E-state index < -0.39 is 20.9 Å². The van der Waals surface area contributed by atoms with Crippen molar-refractivity contribution in [2.75, 3.05) is 26.7 Å². The Bertz CT molecular complexity index is 1020. The van der Waals surface area contributed by atoms with E-state index in [4.69, 9.17) is 4.74 Å². The van der Waals surface area contributed by atoms with Gasteiger partial charge in [-0.2, -0.15) is 4.31 Å². The summed E-state index contributed by atoms with van der Waals surface area (Å²) in [6.45, 7) is 1.10. The molecule has 3 rings (SSSR count). The number of amides is 1. The molecule has 1 saturated heterocycles. The first-order valence-electron chi connectivity index (χ1n) is 9.48. The van der Waals surface area contributed by atoms with Crippen molar-refractivity contribution in [1.29, 1.82) is 0 Å². The molecule has 1 aliphatic rings. The number of carbonyl (C=O) groups excluding carboxylic acids is 1. The first-order chi connectivity index (χ1) is 14.3. The molecule has 9 nitrogen and oxygen atoms in total. The van der Waals surface area contributed by atoms with E-state index in [0.29, 0.717) is 32.5 Å². The van der Waals surface area contributed by atoms with Crippen molar-refractivity contribution in [2.45, 2.75) is 17.7 Å². The van der Waals surface area contributed by atoms with Crippen molar-refractivity contribution >= 4 is 21.6 Å². The summed E-state index contributed by atoms with van der Waals surface area (Å²) in [5.74, 6) is -0.0994. The van der Waals surface area contributed by atoms with Crippen molar-refractivity contribution in [3.8, 4) is 5.75 Å². The Morgan fingerprint density at radius 3 is 2.47 bits per heavy atom. The fourth-order valence-corrected chi connectivity index (χ4v) is 4.91. The van der Waals surface area contributed by atoms with Gasteiger partial charge in [-0.3, -0.25) is 14.9 Å². The number of piperidine rings is 1. The topological polar surface area (TPSA) is 119 Å². The number of nitro groups is 1. The normalized spacial score (nSPS) is 15.5. The van der Waals surface area contributed by atoms with E-state index in [2.05, 4.69) is 5.32 Å². The highest BCUT2D eigenvalue weighted by Crippen LogP contribution is 2.25. The van der Waals surface area contributed by atoms with Crippen LogP contribution in [0.3, 0.4) is 0 Å². The summed E-state index contributed by atoms with van der Waals surface area (Å²) in [6.07, 6.45) is 1.22. The average molecular weight is 433 g/mol. The standard InChI is InChI=1S/C20H23N3O6S/c1-29-19-8-7-16(23(25)26)13-18(19)20(24)21-14-15-9-11-22(12-10-15)30(27,28)17-5-3-2-4-6-17/h2-8,13,15H,9-12,14H2,1H3,(H,21,24). The van der Waals surface area contributed by atoms with Crippen LogP contribution in [0.25, 0.3) is 0 Å². The maximum Gasteiger partial charge on any atom is 0.270 e. The summed E-state index contributed by atoms with van der Waals surface area (Å²) < 4.78 is 32.0. The van der Waals surface area contributed by atoms with Gasteiger partial charge in [0, 0.05) is 31.8 Å². The van der Waals surface area contributed by atoms with Gasteiger partial charge in [0.1, 0.15) is 5.75 Å². The van der Waals surface area contributed by atoms with Crippen LogP contribution in [0, 0.1) is 16.0 Å². The molecule has 2 aromatic rings. The Morgan fingerprint density at radius 1 is 1.20 bits per heavy atom. The minimum absolute atomic E-state index is 0.0933. The highest BCUT2D eigenvalue weighted by atomic mass is 32.2. The fraction of sp³-hybridized carbons (Fsp3) is 0.350. The molecule has 0 atom stereocenters. The fourth-order valence-electron chi connectivity index (χ4n) is 3.41. The minimum atomic E-state index is -3.52. The van der Waals surface area contributed by atoms with Gasteiger partial charge in [0.25, 0.3) is 11.6 Å². The minimum Gasteiger partial charge on any atom is -0.496 e. The molecule has 0 aromatic heterocycles. The molecule has 0 unspecified atom stereocenters. The van der Waals surface area contributed by atoms with E-state index in [1.165, 1.54) is 29.6 Å². The predicted octanol–water partition coefficient (Wildman–Crippen LogP) is 2.43. The summed E-state index contributed by atoms with van der Waals surface area (Å²) in [6, 6.07) is 12.2. The number of nitrogens with one attached hydrogen (secondary N) is 1. The van der Waals surface area contributed by atoms with Crippen LogP contribution < -0.4 is 10.1 Å². The second-order valence-electron chi connectivity index (χ2n) is 7.01. The summed E-state index contributed by atoms with van der Waals surface area (Å²) in [7, 11) is -2.13. The number of nitrogens with zero attached hydrogens (tertiary/aromatic N) is 2. The van der Waals surface area contributed by atoms with Crippen molar-refractivity contribution < 1.29 is 22.9 Å². The van der Waals surface area contributed by atoms with Gasteiger partial charge in [0.15, 0.2) is 0 Å². The van der Waals surface area contributed by atoms with Crippen LogP contribution in [0.2, 0.25) is 0 Å². The molecule has 0 saturated carbocycles. The molecule has 2 aromatic carbocycles. The summed E-state index contributed by atoms with van der Waals surface area (Å²) in [5, 5.41) is 13.8. The summed E-state index contributed by atoms with van der Waals surface area (Å²) >= 11 is 0. The van der Waals surface area contributed by atoms with E-state index in [0.717, 1.165) is 0 Å². The number of sulfonamides is 1. The van der Waals surface area contributed by atoms with Gasteiger partial charge in [0.05, 0.1) is 22.5 Å². The predicted molar refractivity (Wildman–Crippen MR) is 110 cm³/mol. The zero-order valence-corrected chi connectivity index (χ0v) is 17.3. The van der Waals surface area contributed by atoms with Gasteiger partial charge in [-0.25, -0.2) is 8.42 Å². The Hall–Kier alpha value is -2.98. The van der Waals surface area contributed by atoms with Gasteiger partial charge in [-0.1, -0.05) is 18.2 Å². The van der Waals surface area contributed by atoms with Crippen LogP contribution in [0.4, 0.5) is 5.69 Å². The van der Waals surface area contributed by atoms with Crippen molar-refractivity contribution in [3.05, 3.63) is 64.2 Å². The summed E-state index contributed by atoms with van der Waals surface area (Å²) in [4.78, 5) is 23.2. The van der Waals surface area contributed by atoms with Gasteiger partial charge in [0.2, 0.25) is 10.0 Å². The maximum absolute atomic E-state index is 12.7. The number of rotatable bonds is 7. The number of nitro benzene ring substituents is 1. The number of non-ortho nitro benzene ring substituents is 1. The zero-order chi connectivity index (χ0) is 21.7. The molecule has 1 amide bonds. The lowest BCUT2D eigenvalue weighted by Gasteiger charge is -2.31. The molecular formula is C20H23N3O6S. The number of hydrogen-bond acceptors (Lipinski definition) is 6. The molecule has 30 heavy (non-hydrogen) atoms. The van der Waals surface area contributed by atoms with E-state index in [-0.39, 0.29) is 27.8 Å². The van der Waals surface area contributed by atoms with E-state index in [1.807, 2.05) is 0 Å². The molecule has 0 bridgehead atoms. The maximum atomic E-state index is 12.7. The molecule has 1 fully saturated rings. The Kier molecular flexibility index (Phi) is 6.68. The van der Waals surface area contributed by atoms with Gasteiger partial charge in [-0.15, -0.1) is 0 Å². The lowest BCUT2D eigenvalue weighted by atomic mass is 9.98. The molecule has 1 N–H and O–H groups in total. The molecule has 0 aliphatic carbocycles. The first kappa shape index (κ1) is 21.7. The van der Waals surface area contributed by atoms with Crippen LogP contribution in [0.15, 0.2) is 53.4 Å². The van der Waals surface area contributed by atoms with Crippen LogP contribution >= 0.6 is 0 Å². The monoisotopic (exact) mass is 433 g/mol. The molecular weight excluding hydrogens is 410 g/mol. The number of ether oxygens (including phenoxy) is 1. The molecule has 1 aliphatic heterocycles. The highest BCUT2D eigenvalue weighted by molar-refractivity contribution is 7.89. The number of carbonyl (C=O) groups is 1. The van der Waals surface area contributed by atoms with E-state index >= 15 is 0 Å². The van der Waals surface area contributed by atoms with Crippen LogP contribution in [-0.2, 0) is 10.0 Å². The van der Waals surface area contributed by atoms with Gasteiger partial charge in [-0.05, 0) is 37.0 Å². The smallest absolute Gasteiger partial charge is 0.270 e. The Balaban J connectivity index is 1.58. The number of benzene rings is 2. The van der Waals surface area contributed by atoms with Crippen molar-refractivity contribution in [3.63, 3.8) is 0 Å². The quantitative estimate of drug-likeness (QED) is 0.529. The molecule has 0 radical (unpaired) electrons. The zero-order valence-electron chi connectivity index (χ0n) is 16.5. The number of methoxy groups -OCH3 is 1. The van der Waals surface area contributed by atoms with Crippen LogP contribution in [-0.4, -0.2) is 50.3 Å². The highest BCUT2D eigenvalue weighted by Gasteiger charge is 2.29. The average Bonchev–Trinajstić information content (AvgIpc) is 2.77. The second-order valence-corrected chi connectivity index (χ2v) is 8.95. The Morgan fingerprint density at radius 2 is 1.87 bits per heavy atom. The molecule has 10 heteroatoms. The summed E-state index contributed by atoms with van der Waals surface area (Å²) in [5.41, 5.74) is -0.101. The second kappa shape index (κ2) is 9.23. The third-order valence-electron chi connectivity index (χ3n) is 5.14. The third kappa shape index (κ3) is 4.77.